The van der Waals surface area contributed by atoms with Crippen LogP contribution < -0.4 is 16.0 Å². The lowest BCUT2D eigenvalue weighted by Gasteiger charge is -2.30. The van der Waals surface area contributed by atoms with Crippen molar-refractivity contribution in [2.24, 2.45) is 5.84 Å². The van der Waals surface area contributed by atoms with Gasteiger partial charge in [0.25, 0.3) is 0 Å². The van der Waals surface area contributed by atoms with E-state index in [0.29, 0.717) is 18.8 Å². The molecule has 0 radical (unpaired) electrons. The van der Waals surface area contributed by atoms with E-state index >= 15 is 0 Å². The van der Waals surface area contributed by atoms with Gasteiger partial charge < -0.3 is 10.2 Å². The summed E-state index contributed by atoms with van der Waals surface area (Å²) in [5, 5.41) is 0. The number of ether oxygens (including phenoxy) is 1. The van der Waals surface area contributed by atoms with Crippen molar-refractivity contribution in [2.45, 2.75) is 43.9 Å². The quantitative estimate of drug-likeness (QED) is 0.629. The molecule has 0 aliphatic heterocycles. The van der Waals surface area contributed by atoms with Crippen LogP contribution >= 0.6 is 0 Å². The number of hydrazine groups is 1. The molecule has 3 rings (SSSR count). The molecule has 1 aliphatic carbocycles. The minimum Gasteiger partial charge on any atom is -0.490 e. The lowest BCUT2D eigenvalue weighted by atomic mass is 9.83. The lowest BCUT2D eigenvalue weighted by Crippen LogP contribution is -2.25. The lowest BCUT2D eigenvalue weighted by molar-refractivity contribution is -0.139. The van der Waals surface area contributed by atoms with Crippen molar-refractivity contribution < 1.29 is 17.9 Å². The Balaban J connectivity index is 1.70. The molecule has 1 heterocycles. The summed E-state index contributed by atoms with van der Waals surface area (Å²) in [4.78, 5) is 3.63. The number of pyridine rings is 1. The highest BCUT2D eigenvalue weighted by Crippen LogP contribution is 2.42. The monoisotopic (exact) mass is 351 g/mol. The molecule has 1 aromatic carbocycles. The van der Waals surface area contributed by atoms with Gasteiger partial charge in [-0.25, -0.2) is 10.8 Å². The molecule has 4 nitrogen and oxygen atoms in total. The average Bonchev–Trinajstić information content (AvgIpc) is 2.62. The molecule has 0 bridgehead atoms. The van der Waals surface area contributed by atoms with Crippen LogP contribution in [0.15, 0.2) is 42.6 Å². The summed E-state index contributed by atoms with van der Waals surface area (Å²) < 4.78 is 45.6. The molecular weight excluding hydrogens is 331 g/mol. The fraction of sp³-hybridized carbons (Fsp3) is 0.389. The summed E-state index contributed by atoms with van der Waals surface area (Å²) in [6, 6.07) is 11.4. The fourth-order valence-corrected chi connectivity index (χ4v) is 3.34. The first-order valence-electron chi connectivity index (χ1n) is 8.23. The van der Waals surface area contributed by atoms with Crippen molar-refractivity contribution in [3.8, 4) is 5.75 Å². The number of nitrogen functional groups attached to an aromatic ring is 1. The number of hydrogen-bond acceptors (Lipinski definition) is 4. The zero-order valence-electron chi connectivity index (χ0n) is 13.6. The normalized spacial score (nSPS) is 21.0. The summed E-state index contributed by atoms with van der Waals surface area (Å²) in [5.41, 5.74) is 2.31. The first-order chi connectivity index (χ1) is 12.0. The van der Waals surface area contributed by atoms with Gasteiger partial charge in [0.05, 0.1) is 6.10 Å². The van der Waals surface area contributed by atoms with Crippen LogP contribution in [0.5, 0.6) is 5.75 Å². The second kappa shape index (κ2) is 7.31. The predicted molar refractivity (Wildman–Crippen MR) is 89.1 cm³/mol. The molecular formula is C18H20F3N3O. The number of nitrogens with zero attached hydrogens (tertiary/aromatic N) is 1. The van der Waals surface area contributed by atoms with Crippen LogP contribution in [0, 0.1) is 0 Å². The molecule has 0 amide bonds. The standard InChI is InChI=1S/C18H20F3N3O/c19-18(20,21)16-15(10-11-23-17(16)24-22)25-14-8-6-13(7-9-14)12-4-2-1-3-5-12/h1-5,10-11,13-14H,6-9,22H2,(H,23,24). The molecule has 3 N–H and O–H groups in total. The number of rotatable bonds is 4. The van der Waals surface area contributed by atoms with Crippen LogP contribution in [0.2, 0.25) is 0 Å². The molecule has 1 saturated carbocycles. The van der Waals surface area contributed by atoms with Crippen LogP contribution in [0.4, 0.5) is 19.0 Å². The van der Waals surface area contributed by atoms with Crippen LogP contribution in [-0.4, -0.2) is 11.1 Å². The third-order valence-corrected chi connectivity index (χ3v) is 4.57. The second-order valence-corrected chi connectivity index (χ2v) is 6.18. The van der Waals surface area contributed by atoms with Gasteiger partial charge in [0, 0.05) is 6.20 Å². The third-order valence-electron chi connectivity index (χ3n) is 4.57. The predicted octanol–water partition coefficient (Wildman–Crippen LogP) is 4.49. The highest BCUT2D eigenvalue weighted by molar-refractivity contribution is 5.52. The Kier molecular flexibility index (Phi) is 5.13. The van der Waals surface area contributed by atoms with Gasteiger partial charge in [-0.1, -0.05) is 30.3 Å². The molecule has 0 unspecified atom stereocenters. The van der Waals surface area contributed by atoms with Crippen molar-refractivity contribution in [3.05, 3.63) is 53.7 Å². The molecule has 0 saturated heterocycles. The Hall–Kier alpha value is -2.28. The van der Waals surface area contributed by atoms with Gasteiger partial charge in [-0.05, 0) is 43.2 Å². The van der Waals surface area contributed by atoms with Gasteiger partial charge in [-0.15, -0.1) is 0 Å². The van der Waals surface area contributed by atoms with Crippen molar-refractivity contribution in [2.75, 3.05) is 5.43 Å². The van der Waals surface area contributed by atoms with Crippen molar-refractivity contribution in [1.82, 2.24) is 4.98 Å². The summed E-state index contributed by atoms with van der Waals surface area (Å²) >= 11 is 0. The molecule has 7 heteroatoms. The molecule has 1 aliphatic rings. The largest absolute Gasteiger partial charge is 0.490 e. The van der Waals surface area contributed by atoms with E-state index in [9.17, 15) is 13.2 Å². The van der Waals surface area contributed by atoms with Gasteiger partial charge in [0.2, 0.25) is 0 Å². The van der Waals surface area contributed by atoms with E-state index in [1.807, 2.05) is 23.6 Å². The van der Waals surface area contributed by atoms with E-state index in [0.717, 1.165) is 12.8 Å². The van der Waals surface area contributed by atoms with Gasteiger partial charge in [-0.3, -0.25) is 0 Å². The van der Waals surface area contributed by atoms with Crippen LogP contribution in [0.1, 0.15) is 42.7 Å². The van der Waals surface area contributed by atoms with E-state index in [-0.39, 0.29) is 11.9 Å². The van der Waals surface area contributed by atoms with Gasteiger partial charge >= 0.3 is 6.18 Å². The topological polar surface area (TPSA) is 60.2 Å². The molecule has 1 fully saturated rings. The Morgan fingerprint density at radius 3 is 2.32 bits per heavy atom. The van der Waals surface area contributed by atoms with E-state index in [1.165, 1.54) is 17.8 Å². The zero-order chi connectivity index (χ0) is 17.9. The van der Waals surface area contributed by atoms with Crippen molar-refractivity contribution in [3.63, 3.8) is 0 Å². The number of alkyl halides is 3. The molecule has 2 aromatic rings. The number of aromatic nitrogens is 1. The number of nitrogens with one attached hydrogen (secondary N) is 1. The maximum atomic E-state index is 13.3. The molecule has 134 valence electrons. The smallest absolute Gasteiger partial charge is 0.423 e. The van der Waals surface area contributed by atoms with Crippen LogP contribution in [-0.2, 0) is 6.18 Å². The zero-order valence-corrected chi connectivity index (χ0v) is 13.6. The van der Waals surface area contributed by atoms with E-state index < -0.39 is 17.6 Å². The van der Waals surface area contributed by atoms with Crippen LogP contribution in [0.25, 0.3) is 0 Å². The minimum atomic E-state index is -4.59. The Morgan fingerprint density at radius 2 is 1.72 bits per heavy atom. The minimum absolute atomic E-state index is 0.224. The molecule has 25 heavy (non-hydrogen) atoms. The maximum Gasteiger partial charge on any atom is 0.423 e. The fourth-order valence-electron chi connectivity index (χ4n) is 3.34. The van der Waals surface area contributed by atoms with E-state index in [1.54, 1.807) is 0 Å². The number of nitrogens with two attached hydrogens (primary N) is 1. The van der Waals surface area contributed by atoms with E-state index in [2.05, 4.69) is 17.1 Å². The van der Waals surface area contributed by atoms with E-state index in [4.69, 9.17) is 10.6 Å². The second-order valence-electron chi connectivity index (χ2n) is 6.18. The summed E-state index contributed by atoms with van der Waals surface area (Å²) in [7, 11) is 0. The van der Waals surface area contributed by atoms with Crippen molar-refractivity contribution in [1.29, 1.82) is 0 Å². The molecule has 0 atom stereocenters. The summed E-state index contributed by atoms with van der Waals surface area (Å²) in [6.07, 6.45) is -0.363. The van der Waals surface area contributed by atoms with Crippen LogP contribution in [0.3, 0.4) is 0 Å². The molecule has 0 spiro atoms. The highest BCUT2D eigenvalue weighted by atomic mass is 19.4. The van der Waals surface area contributed by atoms with Gasteiger partial charge in [-0.2, -0.15) is 13.2 Å². The maximum absolute atomic E-state index is 13.3. The number of anilines is 1. The van der Waals surface area contributed by atoms with Gasteiger partial charge in [0.15, 0.2) is 5.82 Å². The number of hydrogen-bond donors (Lipinski definition) is 2. The first kappa shape index (κ1) is 17.5. The third kappa shape index (κ3) is 4.04. The SMILES string of the molecule is NNc1nccc(OC2CCC(c3ccccc3)CC2)c1C(F)(F)F. The summed E-state index contributed by atoms with van der Waals surface area (Å²) in [6.45, 7) is 0. The Labute approximate surface area is 144 Å². The molecule has 1 aromatic heterocycles. The number of benzene rings is 1. The van der Waals surface area contributed by atoms with Gasteiger partial charge in [0.1, 0.15) is 11.3 Å². The summed E-state index contributed by atoms with van der Waals surface area (Å²) in [5.74, 6) is 4.94. The Morgan fingerprint density at radius 1 is 1.04 bits per heavy atom. The van der Waals surface area contributed by atoms with Crippen molar-refractivity contribution >= 4 is 5.82 Å². The average molecular weight is 351 g/mol. The number of halogens is 3. The Bertz CT molecular complexity index is 698. The highest BCUT2D eigenvalue weighted by Gasteiger charge is 2.39. The first-order valence-corrected chi connectivity index (χ1v) is 8.23.